The Hall–Kier alpha value is -2.67. The number of likely N-dealkylation sites (tertiary alicyclic amines) is 1. The molecule has 0 aromatic heterocycles. The number of rotatable bonds is 8. The molecule has 1 heterocycles. The number of nitrogens with one attached hydrogen (secondary N) is 2. The molecule has 0 radical (unpaired) electrons. The Bertz CT molecular complexity index is 854. The standard InChI is InChI=1S/C25H35N3O4/c1-15(2)12-18(14-29)28-22(24(31)27-13-17-8-6-5-7-9-17)19-11-10-16(3)20(23(30)26-4)21(19)25(28)32/h5-11,15-16,18-22,29H,12-14H2,1-4H3,(H,26,30)(H,27,31)/t16-,18-,19+,20-,21+,22+/m1/s1. The van der Waals surface area contributed by atoms with Gasteiger partial charge in [-0.25, -0.2) is 0 Å². The zero-order valence-electron chi connectivity index (χ0n) is 19.3. The maximum Gasteiger partial charge on any atom is 0.243 e. The van der Waals surface area contributed by atoms with Crippen LogP contribution in [0.25, 0.3) is 0 Å². The van der Waals surface area contributed by atoms with E-state index >= 15 is 0 Å². The topological polar surface area (TPSA) is 98.7 Å². The van der Waals surface area contributed by atoms with Crippen LogP contribution >= 0.6 is 0 Å². The van der Waals surface area contributed by atoms with E-state index in [1.165, 1.54) is 0 Å². The van der Waals surface area contributed by atoms with Gasteiger partial charge in [-0.3, -0.25) is 14.4 Å². The summed E-state index contributed by atoms with van der Waals surface area (Å²) in [6.45, 7) is 6.09. The number of aliphatic hydroxyl groups is 1. The number of allylic oxidation sites excluding steroid dienone is 1. The lowest BCUT2D eigenvalue weighted by atomic mass is 9.70. The Kier molecular flexibility index (Phi) is 7.72. The monoisotopic (exact) mass is 441 g/mol. The lowest BCUT2D eigenvalue weighted by Crippen LogP contribution is -2.52. The van der Waals surface area contributed by atoms with Gasteiger partial charge in [0, 0.05) is 19.5 Å². The smallest absolute Gasteiger partial charge is 0.243 e. The molecular formula is C25H35N3O4. The Balaban J connectivity index is 1.95. The molecule has 1 saturated heterocycles. The number of benzene rings is 1. The van der Waals surface area contributed by atoms with Gasteiger partial charge in [0.15, 0.2) is 0 Å². The zero-order valence-corrected chi connectivity index (χ0v) is 19.3. The molecule has 7 heteroatoms. The summed E-state index contributed by atoms with van der Waals surface area (Å²) in [6.07, 6.45) is 4.43. The van der Waals surface area contributed by atoms with Crippen LogP contribution in [0.1, 0.15) is 32.8 Å². The first-order chi connectivity index (χ1) is 15.3. The second-order valence-electron chi connectivity index (χ2n) is 9.35. The summed E-state index contributed by atoms with van der Waals surface area (Å²) in [4.78, 5) is 41.4. The Labute approximate surface area is 190 Å². The molecule has 32 heavy (non-hydrogen) atoms. The number of amides is 3. The highest BCUT2D eigenvalue weighted by molar-refractivity contribution is 5.97. The van der Waals surface area contributed by atoms with E-state index in [2.05, 4.69) is 10.6 Å². The van der Waals surface area contributed by atoms with Gasteiger partial charge in [0.2, 0.25) is 17.7 Å². The summed E-state index contributed by atoms with van der Waals surface area (Å²) in [5, 5.41) is 15.8. The maximum absolute atomic E-state index is 13.7. The molecule has 1 fully saturated rings. The number of fused-ring (bicyclic) bond motifs is 1. The molecule has 1 aliphatic heterocycles. The molecule has 0 saturated carbocycles. The van der Waals surface area contributed by atoms with Crippen molar-refractivity contribution < 1.29 is 19.5 Å². The van der Waals surface area contributed by atoms with E-state index < -0.39 is 29.8 Å². The van der Waals surface area contributed by atoms with Crippen molar-refractivity contribution >= 4 is 17.7 Å². The van der Waals surface area contributed by atoms with E-state index in [9.17, 15) is 19.5 Å². The van der Waals surface area contributed by atoms with Gasteiger partial charge in [0.05, 0.1) is 24.5 Å². The van der Waals surface area contributed by atoms with Crippen molar-refractivity contribution in [3.05, 3.63) is 48.0 Å². The summed E-state index contributed by atoms with van der Waals surface area (Å²) < 4.78 is 0. The van der Waals surface area contributed by atoms with Crippen LogP contribution in [0.5, 0.6) is 0 Å². The van der Waals surface area contributed by atoms with Gasteiger partial charge >= 0.3 is 0 Å². The lowest BCUT2D eigenvalue weighted by Gasteiger charge is -2.34. The fourth-order valence-electron chi connectivity index (χ4n) is 5.21. The van der Waals surface area contributed by atoms with E-state index in [4.69, 9.17) is 0 Å². The predicted molar refractivity (Wildman–Crippen MR) is 122 cm³/mol. The van der Waals surface area contributed by atoms with Crippen molar-refractivity contribution in [2.75, 3.05) is 13.7 Å². The van der Waals surface area contributed by atoms with Gasteiger partial charge in [-0.1, -0.05) is 63.3 Å². The maximum atomic E-state index is 13.7. The van der Waals surface area contributed by atoms with Crippen LogP contribution in [-0.4, -0.2) is 53.5 Å². The third-order valence-corrected chi connectivity index (χ3v) is 6.68. The molecule has 1 aromatic rings. The Morgan fingerprint density at radius 1 is 1.12 bits per heavy atom. The minimum absolute atomic E-state index is 0.120. The van der Waals surface area contributed by atoms with Crippen molar-refractivity contribution in [1.29, 1.82) is 0 Å². The van der Waals surface area contributed by atoms with Crippen LogP contribution < -0.4 is 10.6 Å². The molecule has 3 rings (SSSR count). The highest BCUT2D eigenvalue weighted by atomic mass is 16.3. The summed E-state index contributed by atoms with van der Waals surface area (Å²) >= 11 is 0. The summed E-state index contributed by atoms with van der Waals surface area (Å²) in [6, 6.07) is 8.36. The first-order valence-corrected chi connectivity index (χ1v) is 11.4. The summed E-state index contributed by atoms with van der Waals surface area (Å²) in [5.41, 5.74) is 0.963. The van der Waals surface area contributed by atoms with Crippen LogP contribution in [0.4, 0.5) is 0 Å². The second-order valence-corrected chi connectivity index (χ2v) is 9.35. The number of hydrogen-bond acceptors (Lipinski definition) is 4. The third-order valence-electron chi connectivity index (χ3n) is 6.68. The number of hydrogen-bond donors (Lipinski definition) is 3. The molecule has 3 amide bonds. The van der Waals surface area contributed by atoms with Crippen molar-refractivity contribution in [2.24, 2.45) is 29.6 Å². The van der Waals surface area contributed by atoms with Crippen LogP contribution in [0.15, 0.2) is 42.5 Å². The number of nitrogens with zero attached hydrogens (tertiary/aromatic N) is 1. The average molecular weight is 442 g/mol. The Morgan fingerprint density at radius 2 is 1.81 bits per heavy atom. The molecule has 7 nitrogen and oxygen atoms in total. The quantitative estimate of drug-likeness (QED) is 0.535. The number of aliphatic hydroxyl groups excluding tert-OH is 1. The largest absolute Gasteiger partial charge is 0.394 e. The van der Waals surface area contributed by atoms with Crippen molar-refractivity contribution in [1.82, 2.24) is 15.5 Å². The number of carbonyl (C=O) groups excluding carboxylic acids is 3. The van der Waals surface area contributed by atoms with Crippen LogP contribution in [0.3, 0.4) is 0 Å². The Morgan fingerprint density at radius 3 is 2.41 bits per heavy atom. The molecular weight excluding hydrogens is 406 g/mol. The second kappa shape index (κ2) is 10.3. The molecule has 1 aromatic carbocycles. The van der Waals surface area contributed by atoms with Crippen molar-refractivity contribution in [3.63, 3.8) is 0 Å². The third kappa shape index (κ3) is 4.72. The molecule has 0 spiro atoms. The zero-order chi connectivity index (χ0) is 23.4. The van der Waals surface area contributed by atoms with Crippen molar-refractivity contribution in [3.8, 4) is 0 Å². The first-order valence-electron chi connectivity index (χ1n) is 11.4. The SMILES string of the molecule is CNC(=O)[C@H]1[C@H]2C(=O)N([C@@H](CO)CC(C)C)[C@H](C(=O)NCc3ccccc3)[C@H]2C=C[C@H]1C. The van der Waals surface area contributed by atoms with Crippen LogP contribution in [-0.2, 0) is 20.9 Å². The predicted octanol–water partition coefficient (Wildman–Crippen LogP) is 1.72. The summed E-state index contributed by atoms with van der Waals surface area (Å²) in [5.74, 6) is -2.14. The molecule has 0 bridgehead atoms. The molecule has 174 valence electrons. The van der Waals surface area contributed by atoms with Gasteiger partial charge < -0.3 is 20.6 Å². The fraction of sp³-hybridized carbons (Fsp3) is 0.560. The van der Waals surface area contributed by atoms with Crippen LogP contribution in [0.2, 0.25) is 0 Å². The van der Waals surface area contributed by atoms with Gasteiger partial charge in [0.1, 0.15) is 6.04 Å². The molecule has 3 N–H and O–H groups in total. The minimum Gasteiger partial charge on any atom is -0.394 e. The van der Waals surface area contributed by atoms with Crippen LogP contribution in [0, 0.1) is 29.6 Å². The minimum atomic E-state index is -0.761. The normalized spacial score (nSPS) is 27.9. The van der Waals surface area contributed by atoms with Gasteiger partial charge in [0.25, 0.3) is 0 Å². The summed E-state index contributed by atoms with van der Waals surface area (Å²) in [7, 11) is 1.57. The highest BCUT2D eigenvalue weighted by Crippen LogP contribution is 2.45. The van der Waals surface area contributed by atoms with Crippen molar-refractivity contribution in [2.45, 2.75) is 45.8 Å². The highest BCUT2D eigenvalue weighted by Gasteiger charge is 2.57. The fourth-order valence-corrected chi connectivity index (χ4v) is 5.21. The molecule has 0 unspecified atom stereocenters. The van der Waals surface area contributed by atoms with E-state index in [1.807, 2.05) is 63.3 Å². The van der Waals surface area contributed by atoms with Gasteiger partial charge in [-0.15, -0.1) is 0 Å². The lowest BCUT2D eigenvalue weighted by molar-refractivity contribution is -0.143. The van der Waals surface area contributed by atoms with Gasteiger partial charge in [-0.05, 0) is 23.8 Å². The first kappa shape index (κ1) is 24.0. The van der Waals surface area contributed by atoms with E-state index in [-0.39, 0.29) is 36.2 Å². The van der Waals surface area contributed by atoms with E-state index in [1.54, 1.807) is 11.9 Å². The number of carbonyl (C=O) groups is 3. The van der Waals surface area contributed by atoms with E-state index in [0.717, 1.165) is 5.56 Å². The molecule has 1 aliphatic carbocycles. The van der Waals surface area contributed by atoms with Gasteiger partial charge in [-0.2, -0.15) is 0 Å². The average Bonchev–Trinajstić information content (AvgIpc) is 3.08. The molecule has 6 atom stereocenters. The van der Waals surface area contributed by atoms with E-state index in [0.29, 0.717) is 13.0 Å². The molecule has 2 aliphatic rings.